The highest BCUT2D eigenvalue weighted by Gasteiger charge is 2.34. The van der Waals surface area contributed by atoms with Crippen LogP contribution in [-0.4, -0.2) is 43.8 Å². The first kappa shape index (κ1) is 17.9. The maximum atomic E-state index is 12.4. The topological polar surface area (TPSA) is 77.2 Å². The van der Waals surface area contributed by atoms with Crippen LogP contribution in [0.4, 0.5) is 13.2 Å². The molecule has 138 valence electrons. The quantitative estimate of drug-likeness (QED) is 0.751. The minimum atomic E-state index is -4.55. The number of fused-ring (bicyclic) bond motifs is 1. The van der Waals surface area contributed by atoms with E-state index in [1.54, 1.807) is 24.3 Å². The monoisotopic (exact) mass is 368 g/mol. The van der Waals surface area contributed by atoms with Crippen LogP contribution in [0.1, 0.15) is 33.0 Å². The summed E-state index contributed by atoms with van der Waals surface area (Å²) in [5, 5.41) is 3.61. The molecule has 7 nitrogen and oxygen atoms in total. The van der Waals surface area contributed by atoms with Crippen LogP contribution in [0.2, 0.25) is 0 Å². The van der Waals surface area contributed by atoms with Crippen LogP contribution in [0.5, 0.6) is 0 Å². The second-order valence-electron chi connectivity index (χ2n) is 5.92. The third-order valence-electron chi connectivity index (χ3n) is 4.08. The minimum absolute atomic E-state index is 0.0515. The molecular formula is C16H15F3N4O3. The fourth-order valence-electron chi connectivity index (χ4n) is 2.91. The first-order valence-corrected chi connectivity index (χ1v) is 7.85. The van der Waals surface area contributed by atoms with Gasteiger partial charge in [0.15, 0.2) is 0 Å². The molecule has 0 spiro atoms. The molecule has 2 aromatic rings. The van der Waals surface area contributed by atoms with Gasteiger partial charge in [0.25, 0.3) is 11.8 Å². The maximum Gasteiger partial charge on any atom is 0.408 e. The Bertz CT molecular complexity index is 895. The molecule has 10 heteroatoms. The van der Waals surface area contributed by atoms with Gasteiger partial charge in [-0.25, -0.2) is 9.48 Å². The predicted molar refractivity (Wildman–Crippen MR) is 83.7 cm³/mol. The Morgan fingerprint density at radius 1 is 1.00 bits per heavy atom. The van der Waals surface area contributed by atoms with Gasteiger partial charge in [0.2, 0.25) is 0 Å². The average Bonchev–Trinajstić information content (AvgIpc) is 2.96. The van der Waals surface area contributed by atoms with Gasteiger partial charge in [-0.2, -0.15) is 18.3 Å². The van der Waals surface area contributed by atoms with Gasteiger partial charge in [-0.05, 0) is 25.5 Å². The molecule has 1 aliphatic heterocycles. The Balaban J connectivity index is 1.67. The molecule has 0 saturated heterocycles. The summed E-state index contributed by atoms with van der Waals surface area (Å²) in [7, 11) is 0. The summed E-state index contributed by atoms with van der Waals surface area (Å²) in [4.78, 5) is 37.6. The van der Waals surface area contributed by atoms with Crippen LogP contribution in [0.3, 0.4) is 0 Å². The third-order valence-corrected chi connectivity index (χ3v) is 4.08. The van der Waals surface area contributed by atoms with Crippen molar-refractivity contribution in [3.8, 4) is 0 Å². The normalized spacial score (nSPS) is 14.2. The molecule has 1 aromatic heterocycles. The number of carbonyl (C=O) groups is 2. The third kappa shape index (κ3) is 3.26. The van der Waals surface area contributed by atoms with Gasteiger partial charge in [-0.1, -0.05) is 12.1 Å². The van der Waals surface area contributed by atoms with E-state index in [0.29, 0.717) is 15.8 Å². The van der Waals surface area contributed by atoms with E-state index in [1.807, 2.05) is 0 Å². The number of carbonyl (C=O) groups excluding carboxylic acids is 2. The lowest BCUT2D eigenvalue weighted by molar-refractivity contribution is -0.143. The van der Waals surface area contributed by atoms with Crippen molar-refractivity contribution in [2.24, 2.45) is 0 Å². The first-order valence-electron chi connectivity index (χ1n) is 7.85. The van der Waals surface area contributed by atoms with Gasteiger partial charge >= 0.3 is 11.9 Å². The highest BCUT2D eigenvalue weighted by atomic mass is 19.4. The second kappa shape index (κ2) is 6.43. The summed E-state index contributed by atoms with van der Waals surface area (Å²) < 4.78 is 38.8. The maximum absolute atomic E-state index is 12.4. The number of rotatable bonds is 5. The number of nitrogens with zero attached hydrogens (tertiary/aromatic N) is 4. The van der Waals surface area contributed by atoms with Gasteiger partial charge < -0.3 is 0 Å². The molecule has 0 atom stereocenters. The van der Waals surface area contributed by atoms with E-state index in [-0.39, 0.29) is 25.3 Å². The Labute approximate surface area is 145 Å². The zero-order valence-electron chi connectivity index (χ0n) is 13.8. The summed E-state index contributed by atoms with van der Waals surface area (Å²) in [5.41, 5.74) is -0.227. The average molecular weight is 368 g/mol. The van der Waals surface area contributed by atoms with Crippen molar-refractivity contribution in [1.82, 2.24) is 19.2 Å². The summed E-state index contributed by atoms with van der Waals surface area (Å²) in [6.45, 7) is 0.0764. The van der Waals surface area contributed by atoms with Crippen molar-refractivity contribution >= 4 is 11.8 Å². The molecule has 2 amide bonds. The lowest BCUT2D eigenvalue weighted by Crippen LogP contribution is -2.33. The van der Waals surface area contributed by atoms with Gasteiger partial charge in [0, 0.05) is 13.1 Å². The lowest BCUT2D eigenvalue weighted by Gasteiger charge is -2.13. The number of alkyl halides is 3. The molecule has 0 aliphatic carbocycles. The van der Waals surface area contributed by atoms with E-state index in [9.17, 15) is 27.6 Å². The van der Waals surface area contributed by atoms with Gasteiger partial charge in [-0.15, -0.1) is 0 Å². The number of imide groups is 1. The van der Waals surface area contributed by atoms with Gasteiger partial charge in [0.05, 0.1) is 11.1 Å². The van der Waals surface area contributed by atoms with Crippen LogP contribution in [0.25, 0.3) is 0 Å². The van der Waals surface area contributed by atoms with Crippen molar-refractivity contribution in [2.75, 3.05) is 6.54 Å². The standard InChI is InChI=1S/C16H15F3N4O3/c1-10-20-23(9-16(17,18)19)15(26)21(10)7-4-8-22-13(24)11-5-2-3-6-12(11)14(22)25/h2-3,5-6H,4,7-9H2,1H3. The Hall–Kier alpha value is -2.91. The Kier molecular flexibility index (Phi) is 4.43. The smallest absolute Gasteiger partial charge is 0.279 e. The first-order chi connectivity index (χ1) is 12.2. The fraction of sp³-hybridized carbons (Fsp3) is 0.375. The zero-order valence-corrected chi connectivity index (χ0v) is 13.8. The number of hydrogen-bond acceptors (Lipinski definition) is 4. The van der Waals surface area contributed by atoms with Crippen molar-refractivity contribution in [3.05, 3.63) is 51.7 Å². The predicted octanol–water partition coefficient (Wildman–Crippen LogP) is 1.60. The summed E-state index contributed by atoms with van der Waals surface area (Å²) in [6.07, 6.45) is -4.32. The van der Waals surface area contributed by atoms with Crippen LogP contribution < -0.4 is 5.69 Å². The zero-order chi connectivity index (χ0) is 19.1. The van der Waals surface area contributed by atoms with Gasteiger partial charge in [-0.3, -0.25) is 19.1 Å². The number of halogens is 3. The number of aryl methyl sites for hydroxylation is 1. The number of amides is 2. The molecule has 2 heterocycles. The fourth-order valence-corrected chi connectivity index (χ4v) is 2.91. The Morgan fingerprint density at radius 3 is 2.12 bits per heavy atom. The van der Waals surface area contributed by atoms with Crippen LogP contribution in [0, 0.1) is 6.92 Å². The largest absolute Gasteiger partial charge is 0.408 e. The molecule has 0 N–H and O–H groups in total. The van der Waals surface area contributed by atoms with Crippen LogP contribution in [-0.2, 0) is 13.1 Å². The van der Waals surface area contributed by atoms with Gasteiger partial charge in [0.1, 0.15) is 12.4 Å². The molecule has 3 rings (SSSR count). The highest BCUT2D eigenvalue weighted by molar-refractivity contribution is 6.21. The van der Waals surface area contributed by atoms with E-state index in [0.717, 1.165) is 9.47 Å². The molecule has 0 radical (unpaired) electrons. The van der Waals surface area contributed by atoms with Crippen LogP contribution >= 0.6 is 0 Å². The van der Waals surface area contributed by atoms with E-state index < -0.39 is 30.2 Å². The molecule has 0 fully saturated rings. The number of hydrogen-bond donors (Lipinski definition) is 0. The molecule has 0 unspecified atom stereocenters. The Morgan fingerprint density at radius 2 is 1.58 bits per heavy atom. The lowest BCUT2D eigenvalue weighted by atomic mass is 10.1. The van der Waals surface area contributed by atoms with E-state index in [1.165, 1.54) is 6.92 Å². The molecule has 0 saturated carbocycles. The van der Waals surface area contributed by atoms with Crippen molar-refractivity contribution in [1.29, 1.82) is 0 Å². The van der Waals surface area contributed by atoms with E-state index >= 15 is 0 Å². The highest BCUT2D eigenvalue weighted by Crippen LogP contribution is 2.22. The van der Waals surface area contributed by atoms with E-state index in [2.05, 4.69) is 5.10 Å². The van der Waals surface area contributed by atoms with Crippen LogP contribution in [0.15, 0.2) is 29.1 Å². The van der Waals surface area contributed by atoms with Crippen molar-refractivity contribution in [2.45, 2.75) is 32.6 Å². The number of benzene rings is 1. The van der Waals surface area contributed by atoms with Crippen molar-refractivity contribution < 1.29 is 22.8 Å². The summed E-state index contributed by atoms with van der Waals surface area (Å²) >= 11 is 0. The summed E-state index contributed by atoms with van der Waals surface area (Å²) in [5.74, 6) is -0.688. The minimum Gasteiger partial charge on any atom is -0.279 e. The molecule has 26 heavy (non-hydrogen) atoms. The molecule has 0 bridgehead atoms. The second-order valence-corrected chi connectivity index (χ2v) is 5.92. The molecular weight excluding hydrogens is 353 g/mol. The molecule has 1 aromatic carbocycles. The van der Waals surface area contributed by atoms with Crippen molar-refractivity contribution in [3.63, 3.8) is 0 Å². The number of aromatic nitrogens is 3. The summed E-state index contributed by atoms with van der Waals surface area (Å²) in [6, 6.07) is 6.44. The molecule has 1 aliphatic rings. The van der Waals surface area contributed by atoms with E-state index in [4.69, 9.17) is 0 Å². The SMILES string of the molecule is Cc1nn(CC(F)(F)F)c(=O)n1CCCN1C(=O)c2ccccc2C1=O.